The van der Waals surface area contributed by atoms with E-state index < -0.39 is 48.2 Å². The zero-order valence-corrected chi connectivity index (χ0v) is 13.6. The summed E-state index contributed by atoms with van der Waals surface area (Å²) in [5.41, 5.74) is 10.8. The summed E-state index contributed by atoms with van der Waals surface area (Å²) in [6, 6.07) is -2.16. The van der Waals surface area contributed by atoms with Gasteiger partial charge in [-0.25, -0.2) is 19.2 Å². The van der Waals surface area contributed by atoms with Crippen LogP contribution in [-0.2, 0) is 28.7 Å². The summed E-state index contributed by atoms with van der Waals surface area (Å²) in [4.78, 5) is 45.9. The molecule has 2 unspecified atom stereocenters. The number of carbonyl (C=O) groups excluding carboxylic acids is 4. The summed E-state index contributed by atoms with van der Waals surface area (Å²) in [7, 11) is 0. The number of aliphatic hydroxyl groups is 2. The van der Waals surface area contributed by atoms with E-state index in [-0.39, 0.29) is 12.8 Å². The second-order valence-electron chi connectivity index (χ2n) is 5.16. The first kappa shape index (κ1) is 22.1. The van der Waals surface area contributed by atoms with Gasteiger partial charge in [0.05, 0.1) is 0 Å². The predicted molar refractivity (Wildman–Crippen MR) is 80.0 cm³/mol. The highest BCUT2D eigenvalue weighted by Crippen LogP contribution is 2.05. The Labute approximate surface area is 139 Å². The van der Waals surface area contributed by atoms with E-state index in [1.165, 1.54) is 0 Å². The molecule has 0 aromatic carbocycles. The number of hydrogen-bond donors (Lipinski definition) is 4. The van der Waals surface area contributed by atoms with Crippen LogP contribution in [0, 0.1) is 0 Å². The first-order chi connectivity index (χ1) is 11.1. The molecule has 0 fully saturated rings. The molecule has 0 rings (SSSR count). The quantitative estimate of drug-likeness (QED) is 0.271. The third kappa shape index (κ3) is 7.13. The normalized spacial score (nSPS) is 15.8. The maximum Gasteiger partial charge on any atom is 0.346 e. The number of carbonyl (C=O) groups is 4. The summed E-state index contributed by atoms with van der Waals surface area (Å²) in [6.45, 7) is 3.51. The highest BCUT2D eigenvalue weighted by Gasteiger charge is 2.36. The predicted octanol–water partition coefficient (Wildman–Crippen LogP) is -1.90. The molecule has 0 bridgehead atoms. The third-order valence-electron chi connectivity index (χ3n) is 2.99. The minimum Gasteiger partial charge on any atom is -0.390 e. The molecule has 0 aliphatic heterocycles. The minimum atomic E-state index is -2.41. The highest BCUT2D eigenvalue weighted by molar-refractivity contribution is 5.96. The lowest BCUT2D eigenvalue weighted by atomic mass is 10.1. The monoisotopic (exact) mass is 348 g/mol. The zero-order chi connectivity index (χ0) is 18.9. The molecule has 0 saturated heterocycles. The van der Waals surface area contributed by atoms with Gasteiger partial charge in [-0.2, -0.15) is 0 Å². The van der Waals surface area contributed by atoms with Crippen LogP contribution in [0.3, 0.4) is 0 Å². The molecule has 138 valence electrons. The van der Waals surface area contributed by atoms with Crippen molar-refractivity contribution in [2.24, 2.45) is 11.5 Å². The van der Waals surface area contributed by atoms with Crippen LogP contribution in [0.4, 0.5) is 0 Å². The van der Waals surface area contributed by atoms with Gasteiger partial charge in [0.1, 0.15) is 12.1 Å². The van der Waals surface area contributed by atoms with Crippen LogP contribution in [0.5, 0.6) is 0 Å². The molecule has 4 atom stereocenters. The molecule has 6 N–H and O–H groups in total. The summed E-state index contributed by atoms with van der Waals surface area (Å²) in [5.74, 6) is -5.38. The lowest BCUT2D eigenvalue weighted by molar-refractivity contribution is -0.181. The van der Waals surface area contributed by atoms with E-state index in [0.717, 1.165) is 0 Å². The minimum absolute atomic E-state index is 0.247. The fourth-order valence-electron chi connectivity index (χ4n) is 1.59. The van der Waals surface area contributed by atoms with Gasteiger partial charge >= 0.3 is 23.9 Å². The SMILES string of the molecule is CCC[C@@H](N)C(=O)OC(=O)C(O)C(O)C(=O)OC(=O)[C@H](N)CCC. The Balaban J connectivity index is 4.60. The fourth-order valence-corrected chi connectivity index (χ4v) is 1.59. The third-order valence-corrected chi connectivity index (χ3v) is 2.99. The molecule has 10 nitrogen and oxygen atoms in total. The highest BCUT2D eigenvalue weighted by atomic mass is 16.6. The van der Waals surface area contributed by atoms with Crippen molar-refractivity contribution in [1.29, 1.82) is 0 Å². The lowest BCUT2D eigenvalue weighted by Crippen LogP contribution is -2.46. The van der Waals surface area contributed by atoms with E-state index in [1.807, 2.05) is 0 Å². The number of ether oxygens (including phenoxy) is 2. The van der Waals surface area contributed by atoms with Gasteiger partial charge in [-0.05, 0) is 12.8 Å². The molecule has 0 aromatic rings. The van der Waals surface area contributed by atoms with Crippen LogP contribution < -0.4 is 11.5 Å². The van der Waals surface area contributed by atoms with Crippen molar-refractivity contribution < 1.29 is 38.9 Å². The topological polar surface area (TPSA) is 179 Å². The van der Waals surface area contributed by atoms with E-state index in [0.29, 0.717) is 12.8 Å². The van der Waals surface area contributed by atoms with Crippen molar-refractivity contribution in [3.05, 3.63) is 0 Å². The van der Waals surface area contributed by atoms with E-state index in [4.69, 9.17) is 11.5 Å². The van der Waals surface area contributed by atoms with Crippen molar-refractivity contribution in [3.8, 4) is 0 Å². The van der Waals surface area contributed by atoms with Gasteiger partial charge in [0.15, 0.2) is 12.2 Å². The Hall–Kier alpha value is -1.88. The molecular formula is C14H24N2O8. The summed E-state index contributed by atoms with van der Waals surface area (Å²) < 4.78 is 8.52. The Kier molecular flexibility index (Phi) is 9.97. The van der Waals surface area contributed by atoms with Crippen LogP contribution >= 0.6 is 0 Å². The van der Waals surface area contributed by atoms with Crippen LogP contribution in [0.2, 0.25) is 0 Å². The second-order valence-corrected chi connectivity index (χ2v) is 5.16. The van der Waals surface area contributed by atoms with Crippen molar-refractivity contribution in [1.82, 2.24) is 0 Å². The van der Waals surface area contributed by atoms with Crippen LogP contribution in [0.1, 0.15) is 39.5 Å². The Bertz CT molecular complexity index is 426. The van der Waals surface area contributed by atoms with Crippen LogP contribution in [-0.4, -0.2) is 58.4 Å². The molecular weight excluding hydrogens is 324 g/mol. The lowest BCUT2D eigenvalue weighted by Gasteiger charge is -2.16. The standard InChI is InChI=1S/C14H24N2O8/c1-3-5-7(15)11(19)23-13(21)9(17)10(18)14(22)24-12(20)8(16)6-4-2/h7-10,17-18H,3-6,15-16H2,1-2H3/t7-,8-,9?,10?/m1/s1. The number of hydrogen-bond acceptors (Lipinski definition) is 10. The molecule has 0 heterocycles. The largest absolute Gasteiger partial charge is 0.390 e. The van der Waals surface area contributed by atoms with Crippen LogP contribution in [0.15, 0.2) is 0 Å². The summed E-state index contributed by atoms with van der Waals surface area (Å²) >= 11 is 0. The zero-order valence-electron chi connectivity index (χ0n) is 13.6. The first-order valence-electron chi connectivity index (χ1n) is 7.53. The number of esters is 4. The van der Waals surface area contributed by atoms with Gasteiger partial charge in [0.2, 0.25) is 0 Å². The smallest absolute Gasteiger partial charge is 0.346 e. The van der Waals surface area contributed by atoms with E-state index in [2.05, 4.69) is 9.47 Å². The van der Waals surface area contributed by atoms with E-state index in [1.54, 1.807) is 13.8 Å². The Morgan fingerprint density at radius 1 is 0.750 bits per heavy atom. The first-order valence-corrected chi connectivity index (χ1v) is 7.53. The van der Waals surface area contributed by atoms with Crippen molar-refractivity contribution in [2.45, 2.75) is 63.8 Å². The van der Waals surface area contributed by atoms with Gasteiger partial charge < -0.3 is 31.2 Å². The van der Waals surface area contributed by atoms with Crippen LogP contribution in [0.25, 0.3) is 0 Å². The molecule has 0 aliphatic rings. The molecule has 0 amide bonds. The van der Waals surface area contributed by atoms with Gasteiger partial charge in [0, 0.05) is 0 Å². The molecule has 10 heteroatoms. The fraction of sp³-hybridized carbons (Fsp3) is 0.714. The maximum absolute atomic E-state index is 11.5. The molecule has 0 spiro atoms. The van der Waals surface area contributed by atoms with Crippen molar-refractivity contribution >= 4 is 23.9 Å². The van der Waals surface area contributed by atoms with Crippen molar-refractivity contribution in [2.75, 3.05) is 0 Å². The van der Waals surface area contributed by atoms with E-state index >= 15 is 0 Å². The molecule has 24 heavy (non-hydrogen) atoms. The Morgan fingerprint density at radius 3 is 1.29 bits per heavy atom. The van der Waals surface area contributed by atoms with Crippen molar-refractivity contribution in [3.63, 3.8) is 0 Å². The number of aliphatic hydroxyl groups excluding tert-OH is 2. The number of rotatable bonds is 9. The average Bonchev–Trinajstić information content (AvgIpc) is 2.53. The molecule has 0 aliphatic carbocycles. The molecule has 0 aromatic heterocycles. The van der Waals surface area contributed by atoms with Gasteiger partial charge in [-0.3, -0.25) is 0 Å². The summed E-state index contributed by atoms with van der Waals surface area (Å²) in [6.07, 6.45) is -3.21. The van der Waals surface area contributed by atoms with Gasteiger partial charge in [-0.15, -0.1) is 0 Å². The Morgan fingerprint density at radius 2 is 1.04 bits per heavy atom. The average molecular weight is 348 g/mol. The molecule has 0 radical (unpaired) electrons. The van der Waals surface area contributed by atoms with Gasteiger partial charge in [-0.1, -0.05) is 26.7 Å². The molecule has 0 saturated carbocycles. The second kappa shape index (κ2) is 10.8. The van der Waals surface area contributed by atoms with Gasteiger partial charge in [0.25, 0.3) is 0 Å². The van der Waals surface area contributed by atoms with E-state index in [9.17, 15) is 29.4 Å². The number of nitrogens with two attached hydrogens (primary N) is 2. The maximum atomic E-state index is 11.5. The summed E-state index contributed by atoms with van der Waals surface area (Å²) in [5, 5.41) is 19.0.